The first-order chi connectivity index (χ1) is 10.2. The normalized spacial score (nSPS) is 19.4. The molecular formula is C16H24FN3O. The maximum Gasteiger partial charge on any atom is 0.234 e. The fraction of sp³-hybridized carbons (Fsp3) is 0.562. The second-order valence-electron chi connectivity index (χ2n) is 5.70. The molecule has 0 spiro atoms. The predicted molar refractivity (Wildman–Crippen MR) is 81.3 cm³/mol. The summed E-state index contributed by atoms with van der Waals surface area (Å²) < 4.78 is 12.8. The van der Waals surface area contributed by atoms with Crippen LogP contribution in [0.25, 0.3) is 0 Å². The fourth-order valence-corrected chi connectivity index (χ4v) is 2.81. The number of hydrogen-bond donors (Lipinski definition) is 2. The Hall–Kier alpha value is -1.46. The Morgan fingerprint density at radius 1 is 1.38 bits per heavy atom. The number of rotatable bonds is 6. The molecule has 0 saturated carbocycles. The molecule has 1 aromatic carbocycles. The van der Waals surface area contributed by atoms with Crippen LogP contribution >= 0.6 is 0 Å². The van der Waals surface area contributed by atoms with Crippen LogP contribution in [-0.2, 0) is 11.3 Å². The van der Waals surface area contributed by atoms with Crippen LogP contribution < -0.4 is 10.6 Å². The van der Waals surface area contributed by atoms with Crippen molar-refractivity contribution >= 4 is 5.91 Å². The van der Waals surface area contributed by atoms with Crippen LogP contribution in [0.4, 0.5) is 4.39 Å². The molecule has 1 aliphatic heterocycles. The van der Waals surface area contributed by atoms with Gasteiger partial charge in [-0.2, -0.15) is 0 Å². The molecule has 0 aliphatic carbocycles. The molecule has 1 fully saturated rings. The quantitative estimate of drug-likeness (QED) is 0.833. The smallest absolute Gasteiger partial charge is 0.234 e. The van der Waals surface area contributed by atoms with Crippen molar-refractivity contribution in [2.45, 2.75) is 19.4 Å². The lowest BCUT2D eigenvalue weighted by Gasteiger charge is -2.32. The van der Waals surface area contributed by atoms with E-state index in [1.807, 2.05) is 7.05 Å². The van der Waals surface area contributed by atoms with Crippen LogP contribution in [0.3, 0.4) is 0 Å². The molecule has 116 valence electrons. The van der Waals surface area contributed by atoms with E-state index in [0.717, 1.165) is 31.6 Å². The van der Waals surface area contributed by atoms with Gasteiger partial charge in [-0.25, -0.2) is 4.39 Å². The molecule has 1 aromatic rings. The van der Waals surface area contributed by atoms with Gasteiger partial charge in [-0.15, -0.1) is 0 Å². The van der Waals surface area contributed by atoms with Crippen molar-refractivity contribution in [3.8, 4) is 0 Å². The molecule has 5 heteroatoms. The topological polar surface area (TPSA) is 44.4 Å². The SMILES string of the molecule is CNCC1CCCN(CC(=O)NCc2ccc(F)cc2)C1. The number of amides is 1. The van der Waals surface area contributed by atoms with Crippen molar-refractivity contribution in [3.63, 3.8) is 0 Å². The summed E-state index contributed by atoms with van der Waals surface area (Å²) in [7, 11) is 1.97. The first-order valence-electron chi connectivity index (χ1n) is 7.55. The van der Waals surface area contributed by atoms with Crippen LogP contribution in [0.5, 0.6) is 0 Å². The minimum Gasteiger partial charge on any atom is -0.351 e. The van der Waals surface area contributed by atoms with E-state index in [0.29, 0.717) is 19.0 Å². The van der Waals surface area contributed by atoms with Crippen molar-refractivity contribution in [2.24, 2.45) is 5.92 Å². The highest BCUT2D eigenvalue weighted by Gasteiger charge is 2.20. The van der Waals surface area contributed by atoms with Gasteiger partial charge in [0.15, 0.2) is 0 Å². The summed E-state index contributed by atoms with van der Waals surface area (Å²) in [4.78, 5) is 14.2. The number of benzene rings is 1. The molecular weight excluding hydrogens is 269 g/mol. The van der Waals surface area contributed by atoms with Gasteiger partial charge in [0.1, 0.15) is 5.82 Å². The highest BCUT2D eigenvalue weighted by atomic mass is 19.1. The molecule has 4 nitrogen and oxygen atoms in total. The maximum absolute atomic E-state index is 12.8. The molecule has 1 unspecified atom stereocenters. The lowest BCUT2D eigenvalue weighted by Crippen LogP contribution is -2.44. The summed E-state index contributed by atoms with van der Waals surface area (Å²) in [6.45, 7) is 3.87. The van der Waals surface area contributed by atoms with Gasteiger partial charge in [-0.1, -0.05) is 12.1 Å². The van der Waals surface area contributed by atoms with E-state index in [2.05, 4.69) is 15.5 Å². The molecule has 2 rings (SSSR count). The molecule has 0 aromatic heterocycles. The maximum atomic E-state index is 12.8. The third kappa shape index (κ3) is 5.44. The Labute approximate surface area is 125 Å². The molecule has 21 heavy (non-hydrogen) atoms. The van der Waals surface area contributed by atoms with E-state index in [1.54, 1.807) is 12.1 Å². The Balaban J connectivity index is 1.72. The van der Waals surface area contributed by atoms with Gasteiger partial charge in [-0.3, -0.25) is 9.69 Å². The van der Waals surface area contributed by atoms with E-state index >= 15 is 0 Å². The molecule has 1 amide bonds. The average Bonchev–Trinajstić information content (AvgIpc) is 2.47. The number of likely N-dealkylation sites (tertiary alicyclic amines) is 1. The van der Waals surface area contributed by atoms with Gasteiger partial charge in [-0.05, 0) is 56.6 Å². The Bertz CT molecular complexity index is 447. The Morgan fingerprint density at radius 3 is 2.86 bits per heavy atom. The van der Waals surface area contributed by atoms with Gasteiger partial charge in [0, 0.05) is 13.1 Å². The van der Waals surface area contributed by atoms with E-state index in [9.17, 15) is 9.18 Å². The van der Waals surface area contributed by atoms with Crippen molar-refractivity contribution in [1.29, 1.82) is 0 Å². The van der Waals surface area contributed by atoms with Gasteiger partial charge in [0.25, 0.3) is 0 Å². The first kappa shape index (κ1) is 15.9. The molecule has 1 saturated heterocycles. The number of piperidine rings is 1. The Morgan fingerprint density at radius 2 is 2.14 bits per heavy atom. The number of carbonyl (C=O) groups excluding carboxylic acids is 1. The standard InChI is InChI=1S/C16H24FN3O/c1-18-9-14-3-2-8-20(11-14)12-16(21)19-10-13-4-6-15(17)7-5-13/h4-7,14,18H,2-3,8-12H2,1H3,(H,19,21). The summed E-state index contributed by atoms with van der Waals surface area (Å²) in [5.41, 5.74) is 0.913. The van der Waals surface area contributed by atoms with E-state index in [-0.39, 0.29) is 11.7 Å². The third-order valence-corrected chi connectivity index (χ3v) is 3.87. The van der Waals surface area contributed by atoms with Crippen molar-refractivity contribution in [3.05, 3.63) is 35.6 Å². The van der Waals surface area contributed by atoms with Crippen LogP contribution in [0, 0.1) is 11.7 Å². The number of hydrogen-bond acceptors (Lipinski definition) is 3. The highest BCUT2D eigenvalue weighted by Crippen LogP contribution is 2.15. The summed E-state index contributed by atoms with van der Waals surface area (Å²) >= 11 is 0. The summed E-state index contributed by atoms with van der Waals surface area (Å²) in [5.74, 6) is 0.409. The van der Waals surface area contributed by atoms with Crippen LogP contribution in [0.15, 0.2) is 24.3 Å². The Kier molecular flexibility index (Phi) is 6.14. The summed E-state index contributed by atoms with van der Waals surface area (Å²) in [6.07, 6.45) is 2.38. The van der Waals surface area contributed by atoms with Crippen LogP contribution in [0.2, 0.25) is 0 Å². The van der Waals surface area contributed by atoms with E-state index in [1.165, 1.54) is 18.6 Å². The average molecular weight is 293 g/mol. The molecule has 2 N–H and O–H groups in total. The number of halogens is 1. The molecule has 0 radical (unpaired) electrons. The van der Waals surface area contributed by atoms with Gasteiger partial charge >= 0.3 is 0 Å². The van der Waals surface area contributed by atoms with Gasteiger partial charge in [0.05, 0.1) is 6.54 Å². The zero-order valence-electron chi connectivity index (χ0n) is 12.6. The summed E-state index contributed by atoms with van der Waals surface area (Å²) in [6, 6.07) is 6.21. The number of carbonyl (C=O) groups is 1. The lowest BCUT2D eigenvalue weighted by atomic mass is 9.98. The van der Waals surface area contributed by atoms with Crippen molar-refractivity contribution in [2.75, 3.05) is 33.2 Å². The first-order valence-corrected chi connectivity index (χ1v) is 7.55. The van der Waals surface area contributed by atoms with Gasteiger partial charge in [0.2, 0.25) is 5.91 Å². The molecule has 1 atom stereocenters. The second kappa shape index (κ2) is 8.10. The highest BCUT2D eigenvalue weighted by molar-refractivity contribution is 5.78. The summed E-state index contributed by atoms with van der Waals surface area (Å²) in [5, 5.41) is 6.10. The van der Waals surface area contributed by atoms with Crippen LogP contribution in [0.1, 0.15) is 18.4 Å². The minimum atomic E-state index is -0.256. The number of nitrogens with one attached hydrogen (secondary N) is 2. The van der Waals surface area contributed by atoms with Crippen LogP contribution in [-0.4, -0.2) is 44.0 Å². The lowest BCUT2D eigenvalue weighted by molar-refractivity contribution is -0.122. The third-order valence-electron chi connectivity index (χ3n) is 3.87. The molecule has 0 bridgehead atoms. The van der Waals surface area contributed by atoms with Crippen molar-refractivity contribution < 1.29 is 9.18 Å². The second-order valence-corrected chi connectivity index (χ2v) is 5.70. The van der Waals surface area contributed by atoms with Crippen molar-refractivity contribution in [1.82, 2.24) is 15.5 Å². The minimum absolute atomic E-state index is 0.0319. The predicted octanol–water partition coefficient (Wildman–Crippen LogP) is 1.37. The van der Waals surface area contributed by atoms with Gasteiger partial charge < -0.3 is 10.6 Å². The number of nitrogens with zero attached hydrogens (tertiary/aromatic N) is 1. The molecule has 1 heterocycles. The molecule has 1 aliphatic rings. The largest absolute Gasteiger partial charge is 0.351 e. The zero-order chi connectivity index (χ0) is 15.1. The van der Waals surface area contributed by atoms with E-state index in [4.69, 9.17) is 0 Å². The zero-order valence-corrected chi connectivity index (χ0v) is 12.6. The van der Waals surface area contributed by atoms with E-state index < -0.39 is 0 Å². The fourth-order valence-electron chi connectivity index (χ4n) is 2.81. The monoisotopic (exact) mass is 293 g/mol.